The van der Waals surface area contributed by atoms with Crippen molar-refractivity contribution in [1.82, 2.24) is 4.98 Å². The maximum atomic E-state index is 11.9. The van der Waals surface area contributed by atoms with Gasteiger partial charge in [-0.25, -0.2) is 4.79 Å². The van der Waals surface area contributed by atoms with Crippen molar-refractivity contribution in [2.24, 2.45) is 0 Å². The van der Waals surface area contributed by atoms with Crippen LogP contribution >= 0.6 is 0 Å². The molecule has 0 aliphatic carbocycles. The Kier molecular flexibility index (Phi) is 4.78. The summed E-state index contributed by atoms with van der Waals surface area (Å²) in [6.45, 7) is 5.38. The van der Waals surface area contributed by atoms with E-state index in [1.165, 1.54) is 0 Å². The Bertz CT molecular complexity index is 636. The van der Waals surface area contributed by atoms with Gasteiger partial charge in [0, 0.05) is 11.8 Å². The van der Waals surface area contributed by atoms with Gasteiger partial charge in [-0.15, -0.1) is 0 Å². The SMILES string of the molecule is CC(C)(C)OC(=O)Nc1ccccc1C(O)c1ccccn1. The first kappa shape index (κ1) is 16.0. The van der Waals surface area contributed by atoms with Gasteiger partial charge in [-0.2, -0.15) is 0 Å². The molecular formula is C17H20N2O3. The lowest BCUT2D eigenvalue weighted by Crippen LogP contribution is -2.27. The van der Waals surface area contributed by atoms with Crippen molar-refractivity contribution in [1.29, 1.82) is 0 Å². The number of pyridine rings is 1. The van der Waals surface area contributed by atoms with E-state index in [0.717, 1.165) is 0 Å². The van der Waals surface area contributed by atoms with Crippen LogP contribution in [-0.4, -0.2) is 21.8 Å². The Hall–Kier alpha value is -2.40. The van der Waals surface area contributed by atoms with Crippen molar-refractivity contribution in [2.75, 3.05) is 5.32 Å². The lowest BCUT2D eigenvalue weighted by molar-refractivity contribution is 0.0635. The maximum Gasteiger partial charge on any atom is 0.412 e. The Labute approximate surface area is 130 Å². The lowest BCUT2D eigenvalue weighted by atomic mass is 10.0. The molecule has 1 heterocycles. The van der Waals surface area contributed by atoms with Crippen LogP contribution in [0.2, 0.25) is 0 Å². The Morgan fingerprint density at radius 3 is 2.50 bits per heavy atom. The van der Waals surface area contributed by atoms with E-state index in [9.17, 15) is 9.90 Å². The topological polar surface area (TPSA) is 71.5 Å². The van der Waals surface area contributed by atoms with Crippen molar-refractivity contribution in [3.63, 3.8) is 0 Å². The van der Waals surface area contributed by atoms with Crippen LogP contribution in [0.1, 0.15) is 38.1 Å². The molecule has 0 aliphatic heterocycles. The minimum Gasteiger partial charge on any atom is -0.444 e. The quantitative estimate of drug-likeness (QED) is 0.910. The zero-order valence-corrected chi connectivity index (χ0v) is 12.9. The first-order valence-electron chi connectivity index (χ1n) is 7.05. The van der Waals surface area contributed by atoms with Crippen LogP contribution < -0.4 is 5.32 Å². The van der Waals surface area contributed by atoms with Gasteiger partial charge in [0.25, 0.3) is 0 Å². The van der Waals surface area contributed by atoms with Crippen molar-refractivity contribution >= 4 is 11.8 Å². The van der Waals surface area contributed by atoms with Gasteiger partial charge in [-0.05, 0) is 39.0 Å². The molecule has 2 aromatic rings. The average molecular weight is 300 g/mol. The molecule has 1 atom stereocenters. The van der Waals surface area contributed by atoms with E-state index in [-0.39, 0.29) is 0 Å². The number of aliphatic hydroxyl groups is 1. The number of amides is 1. The summed E-state index contributed by atoms with van der Waals surface area (Å²) in [5, 5.41) is 13.1. The number of ether oxygens (including phenoxy) is 1. The number of aromatic nitrogens is 1. The predicted octanol–water partition coefficient (Wildman–Crippen LogP) is 3.51. The normalized spacial score (nSPS) is 12.5. The highest BCUT2D eigenvalue weighted by Gasteiger charge is 2.20. The smallest absolute Gasteiger partial charge is 0.412 e. The number of anilines is 1. The molecule has 1 amide bonds. The van der Waals surface area contributed by atoms with Crippen molar-refractivity contribution < 1.29 is 14.6 Å². The molecule has 0 spiro atoms. The first-order chi connectivity index (χ1) is 10.4. The average Bonchev–Trinajstić information content (AvgIpc) is 2.46. The second kappa shape index (κ2) is 6.58. The summed E-state index contributed by atoms with van der Waals surface area (Å²) in [6.07, 6.45) is 0.128. The van der Waals surface area contributed by atoms with E-state index in [4.69, 9.17) is 4.74 Å². The molecule has 0 radical (unpaired) electrons. The summed E-state index contributed by atoms with van der Waals surface area (Å²) in [4.78, 5) is 16.0. The number of para-hydroxylation sites is 1. The van der Waals surface area contributed by atoms with Gasteiger partial charge >= 0.3 is 6.09 Å². The third kappa shape index (κ3) is 4.30. The minimum atomic E-state index is -0.924. The molecule has 2 rings (SSSR count). The Morgan fingerprint density at radius 2 is 1.86 bits per heavy atom. The van der Waals surface area contributed by atoms with Gasteiger partial charge in [-0.3, -0.25) is 10.3 Å². The minimum absolute atomic E-state index is 0.495. The summed E-state index contributed by atoms with van der Waals surface area (Å²) >= 11 is 0. The monoisotopic (exact) mass is 300 g/mol. The second-order valence-corrected chi connectivity index (χ2v) is 5.87. The number of rotatable bonds is 3. The van der Waals surface area contributed by atoms with E-state index < -0.39 is 17.8 Å². The highest BCUT2D eigenvalue weighted by molar-refractivity contribution is 5.86. The van der Waals surface area contributed by atoms with Gasteiger partial charge in [0.15, 0.2) is 0 Å². The maximum absolute atomic E-state index is 11.9. The van der Waals surface area contributed by atoms with Crippen molar-refractivity contribution in [2.45, 2.75) is 32.5 Å². The summed E-state index contributed by atoms with van der Waals surface area (Å²) < 4.78 is 5.23. The van der Waals surface area contributed by atoms with Gasteiger partial charge < -0.3 is 9.84 Å². The van der Waals surface area contributed by atoms with Crippen molar-refractivity contribution in [3.8, 4) is 0 Å². The molecule has 0 aliphatic rings. The molecule has 5 nitrogen and oxygen atoms in total. The van der Waals surface area contributed by atoms with Crippen LogP contribution in [0.25, 0.3) is 0 Å². The van der Waals surface area contributed by atoms with E-state index in [1.54, 1.807) is 69.4 Å². The number of nitrogens with one attached hydrogen (secondary N) is 1. The summed E-state index contributed by atoms with van der Waals surface area (Å²) in [6, 6.07) is 12.3. The Balaban J connectivity index is 2.22. The third-order valence-electron chi connectivity index (χ3n) is 2.86. The summed E-state index contributed by atoms with van der Waals surface area (Å²) in [5.41, 5.74) is 0.987. The van der Waals surface area contributed by atoms with Crippen LogP contribution in [0.15, 0.2) is 48.7 Å². The van der Waals surface area contributed by atoms with Crippen LogP contribution in [-0.2, 0) is 4.74 Å². The van der Waals surface area contributed by atoms with Crippen LogP contribution in [0.3, 0.4) is 0 Å². The fourth-order valence-corrected chi connectivity index (χ4v) is 1.96. The Morgan fingerprint density at radius 1 is 1.18 bits per heavy atom. The van der Waals surface area contributed by atoms with Crippen LogP contribution in [0.5, 0.6) is 0 Å². The molecule has 0 saturated carbocycles. The van der Waals surface area contributed by atoms with Gasteiger partial charge in [0.1, 0.15) is 11.7 Å². The number of carbonyl (C=O) groups is 1. The van der Waals surface area contributed by atoms with Crippen molar-refractivity contribution in [3.05, 3.63) is 59.9 Å². The molecule has 0 bridgehead atoms. The van der Waals surface area contributed by atoms with Crippen LogP contribution in [0.4, 0.5) is 10.5 Å². The molecule has 1 aromatic carbocycles. The van der Waals surface area contributed by atoms with Crippen LogP contribution in [0, 0.1) is 0 Å². The van der Waals surface area contributed by atoms with Gasteiger partial charge in [0.05, 0.1) is 11.4 Å². The van der Waals surface area contributed by atoms with E-state index in [1.807, 2.05) is 0 Å². The summed E-state index contributed by atoms with van der Waals surface area (Å²) in [5.74, 6) is 0. The number of carbonyl (C=O) groups excluding carboxylic acids is 1. The first-order valence-corrected chi connectivity index (χ1v) is 7.05. The fraction of sp³-hybridized carbons (Fsp3) is 0.294. The van der Waals surface area contributed by atoms with E-state index in [2.05, 4.69) is 10.3 Å². The van der Waals surface area contributed by atoms with Gasteiger partial charge in [-0.1, -0.05) is 24.3 Å². The number of nitrogens with zero attached hydrogens (tertiary/aromatic N) is 1. The van der Waals surface area contributed by atoms with E-state index in [0.29, 0.717) is 16.9 Å². The molecule has 116 valence electrons. The second-order valence-electron chi connectivity index (χ2n) is 5.87. The lowest BCUT2D eigenvalue weighted by Gasteiger charge is -2.21. The number of hydrogen-bond donors (Lipinski definition) is 2. The largest absolute Gasteiger partial charge is 0.444 e. The zero-order chi connectivity index (χ0) is 16.2. The van der Waals surface area contributed by atoms with E-state index >= 15 is 0 Å². The number of aliphatic hydroxyl groups excluding tert-OH is 1. The molecule has 22 heavy (non-hydrogen) atoms. The fourth-order valence-electron chi connectivity index (χ4n) is 1.96. The van der Waals surface area contributed by atoms with Gasteiger partial charge in [0.2, 0.25) is 0 Å². The molecular weight excluding hydrogens is 280 g/mol. The number of hydrogen-bond acceptors (Lipinski definition) is 4. The molecule has 0 saturated heterocycles. The standard InChI is InChI=1S/C17H20N2O3/c1-17(2,3)22-16(21)19-13-9-5-4-8-12(13)15(20)14-10-6-7-11-18-14/h4-11,15,20H,1-3H3,(H,19,21). The highest BCUT2D eigenvalue weighted by atomic mass is 16.6. The third-order valence-corrected chi connectivity index (χ3v) is 2.86. The molecule has 1 unspecified atom stereocenters. The molecule has 2 N–H and O–H groups in total. The summed E-state index contributed by atoms with van der Waals surface area (Å²) in [7, 11) is 0. The predicted molar refractivity (Wildman–Crippen MR) is 84.6 cm³/mol. The molecule has 5 heteroatoms. The molecule has 1 aromatic heterocycles. The number of benzene rings is 1. The zero-order valence-electron chi connectivity index (χ0n) is 12.9. The highest BCUT2D eigenvalue weighted by Crippen LogP contribution is 2.27. The molecule has 0 fully saturated rings.